The molecule has 0 saturated heterocycles. The van der Waals surface area contributed by atoms with Gasteiger partial charge in [0.05, 0.1) is 19.2 Å². The molecule has 23 heavy (non-hydrogen) atoms. The van der Waals surface area contributed by atoms with Gasteiger partial charge in [-0.2, -0.15) is 0 Å². The largest absolute Gasteiger partial charge is 1.00 e. The van der Waals surface area contributed by atoms with E-state index >= 15 is 0 Å². The minimum absolute atomic E-state index is 0. The average molecular weight is 371 g/mol. The maximum atomic E-state index is 3.83. The number of aromatic nitrogens is 2. The average Bonchev–Trinajstić information content (AvgIpc) is 2.86. The predicted octanol–water partition coefficient (Wildman–Crippen LogP) is 1.58. The van der Waals surface area contributed by atoms with Crippen LogP contribution in [0, 0.1) is 0 Å². The number of aryl methyl sites for hydroxylation is 2. The van der Waals surface area contributed by atoms with Crippen LogP contribution in [0.2, 0.25) is 0 Å². The fourth-order valence-corrected chi connectivity index (χ4v) is 3.05. The Kier molecular flexibility index (Phi) is 5.78. The summed E-state index contributed by atoms with van der Waals surface area (Å²) >= 11 is 0. The van der Waals surface area contributed by atoms with Crippen molar-refractivity contribution < 1.29 is 21.5 Å². The molecule has 0 spiro atoms. The van der Waals surface area contributed by atoms with Crippen LogP contribution in [0.3, 0.4) is 0 Å². The SMILES string of the molecule is C=Cc1ccc(-c2n(CCCC)c3ccccc3[n+]2C)cc1.[Br-]. The number of benzene rings is 2. The standard InChI is InChI=1S/C20H23N2.BrH/c1-4-6-15-22-19-10-8-7-9-18(19)21(3)20(22)17-13-11-16(5-2)12-14-17;/h5,7-14H,2,4,6,15H2,1,3H3;1H/q+1;/p-1. The van der Waals surface area contributed by atoms with Gasteiger partial charge >= 0.3 is 0 Å². The van der Waals surface area contributed by atoms with Crippen LogP contribution in [0.1, 0.15) is 25.3 Å². The van der Waals surface area contributed by atoms with Crippen LogP contribution in [-0.2, 0) is 13.6 Å². The van der Waals surface area contributed by atoms with Gasteiger partial charge in [0.1, 0.15) is 0 Å². The van der Waals surface area contributed by atoms with E-state index in [2.05, 4.69) is 78.2 Å². The van der Waals surface area contributed by atoms with Crippen molar-refractivity contribution >= 4 is 17.1 Å². The Bertz CT molecular complexity index is 800. The molecule has 2 aromatic carbocycles. The van der Waals surface area contributed by atoms with Crippen molar-refractivity contribution in [2.45, 2.75) is 26.3 Å². The lowest BCUT2D eigenvalue weighted by Gasteiger charge is -2.04. The first-order chi connectivity index (χ1) is 10.8. The fourth-order valence-electron chi connectivity index (χ4n) is 3.05. The molecule has 0 radical (unpaired) electrons. The molecule has 0 aliphatic heterocycles. The van der Waals surface area contributed by atoms with Gasteiger partial charge in [-0.25, -0.2) is 9.13 Å². The molecule has 0 amide bonds. The van der Waals surface area contributed by atoms with Gasteiger partial charge in [0, 0.05) is 0 Å². The van der Waals surface area contributed by atoms with Crippen LogP contribution in [0.4, 0.5) is 0 Å². The van der Waals surface area contributed by atoms with Gasteiger partial charge in [0.15, 0.2) is 11.0 Å². The van der Waals surface area contributed by atoms with E-state index in [1.54, 1.807) is 0 Å². The fraction of sp³-hybridized carbons (Fsp3) is 0.250. The second-order valence-corrected chi connectivity index (χ2v) is 5.70. The minimum atomic E-state index is 0. The van der Waals surface area contributed by atoms with Crippen molar-refractivity contribution in [3.63, 3.8) is 0 Å². The topological polar surface area (TPSA) is 8.81 Å². The highest BCUT2D eigenvalue weighted by Crippen LogP contribution is 2.24. The first kappa shape index (κ1) is 17.5. The Hall–Kier alpha value is -1.87. The van der Waals surface area contributed by atoms with Gasteiger partial charge in [-0.3, -0.25) is 0 Å². The molecule has 3 aromatic rings. The number of rotatable bonds is 5. The molecule has 1 heterocycles. The molecule has 120 valence electrons. The van der Waals surface area contributed by atoms with Crippen molar-refractivity contribution in [1.29, 1.82) is 0 Å². The van der Waals surface area contributed by atoms with Crippen LogP contribution in [-0.4, -0.2) is 4.57 Å². The molecule has 0 atom stereocenters. The zero-order valence-corrected chi connectivity index (χ0v) is 15.4. The van der Waals surface area contributed by atoms with Crippen LogP contribution in [0.5, 0.6) is 0 Å². The number of fused-ring (bicyclic) bond motifs is 1. The second-order valence-electron chi connectivity index (χ2n) is 5.70. The summed E-state index contributed by atoms with van der Waals surface area (Å²) in [6, 6.07) is 17.3. The van der Waals surface area contributed by atoms with Gasteiger partial charge in [-0.15, -0.1) is 0 Å². The molecule has 0 aliphatic carbocycles. The van der Waals surface area contributed by atoms with Crippen molar-refractivity contribution in [2.24, 2.45) is 7.05 Å². The maximum Gasteiger partial charge on any atom is 0.289 e. The summed E-state index contributed by atoms with van der Waals surface area (Å²) in [4.78, 5) is 0. The Morgan fingerprint density at radius 2 is 1.78 bits per heavy atom. The van der Waals surface area contributed by atoms with E-state index in [4.69, 9.17) is 0 Å². The minimum Gasteiger partial charge on any atom is -1.00 e. The number of halogens is 1. The summed E-state index contributed by atoms with van der Waals surface area (Å²) in [5.74, 6) is 1.27. The lowest BCUT2D eigenvalue weighted by Crippen LogP contribution is -3.00. The summed E-state index contributed by atoms with van der Waals surface area (Å²) in [7, 11) is 2.15. The van der Waals surface area contributed by atoms with Gasteiger partial charge in [-0.1, -0.05) is 50.3 Å². The maximum absolute atomic E-state index is 3.83. The Morgan fingerprint density at radius 3 is 2.43 bits per heavy atom. The van der Waals surface area contributed by atoms with Crippen LogP contribution >= 0.6 is 0 Å². The van der Waals surface area contributed by atoms with E-state index in [9.17, 15) is 0 Å². The summed E-state index contributed by atoms with van der Waals surface area (Å²) < 4.78 is 4.75. The Labute approximate surface area is 148 Å². The Morgan fingerprint density at radius 1 is 1.09 bits per heavy atom. The highest BCUT2D eigenvalue weighted by Gasteiger charge is 2.23. The number of imidazole rings is 1. The first-order valence-electron chi connectivity index (χ1n) is 7.96. The number of hydrogen-bond acceptors (Lipinski definition) is 0. The number of hydrogen-bond donors (Lipinski definition) is 0. The van der Waals surface area contributed by atoms with Crippen LogP contribution < -0.4 is 21.5 Å². The van der Waals surface area contributed by atoms with Crippen molar-refractivity contribution in [3.05, 3.63) is 60.7 Å². The quantitative estimate of drug-likeness (QED) is 0.603. The molecular weight excluding hydrogens is 348 g/mol. The molecule has 0 fully saturated rings. The van der Waals surface area contributed by atoms with E-state index in [-0.39, 0.29) is 17.0 Å². The Balaban J connectivity index is 0.00000192. The van der Waals surface area contributed by atoms with E-state index in [1.165, 1.54) is 35.3 Å². The summed E-state index contributed by atoms with van der Waals surface area (Å²) in [6.07, 6.45) is 4.28. The molecule has 2 nitrogen and oxygen atoms in total. The molecular formula is C20H23BrN2. The lowest BCUT2D eigenvalue weighted by atomic mass is 10.1. The van der Waals surface area contributed by atoms with Crippen LogP contribution in [0.15, 0.2) is 55.1 Å². The molecule has 1 aromatic heterocycles. The lowest BCUT2D eigenvalue weighted by molar-refractivity contribution is -0.634. The normalized spacial score (nSPS) is 10.5. The number of para-hydroxylation sites is 2. The molecule has 0 aliphatic rings. The van der Waals surface area contributed by atoms with E-state index < -0.39 is 0 Å². The summed E-state index contributed by atoms with van der Waals surface area (Å²) in [6.45, 7) is 7.13. The van der Waals surface area contributed by atoms with E-state index in [0.717, 1.165) is 12.1 Å². The first-order valence-corrected chi connectivity index (χ1v) is 7.96. The monoisotopic (exact) mass is 370 g/mol. The summed E-state index contributed by atoms with van der Waals surface area (Å²) in [5, 5.41) is 0. The molecule has 3 rings (SSSR count). The zero-order valence-electron chi connectivity index (χ0n) is 13.8. The van der Waals surface area contributed by atoms with E-state index in [0.29, 0.717) is 0 Å². The predicted molar refractivity (Wildman–Crippen MR) is 93.5 cm³/mol. The zero-order chi connectivity index (χ0) is 15.5. The third kappa shape index (κ3) is 3.25. The molecule has 0 N–H and O–H groups in total. The second kappa shape index (κ2) is 7.60. The van der Waals surface area contributed by atoms with Crippen molar-refractivity contribution in [1.82, 2.24) is 4.57 Å². The van der Waals surface area contributed by atoms with Gasteiger partial charge in [0.2, 0.25) is 0 Å². The third-order valence-corrected chi connectivity index (χ3v) is 4.25. The highest BCUT2D eigenvalue weighted by molar-refractivity contribution is 5.76. The number of unbranched alkanes of at least 4 members (excludes halogenated alkanes) is 1. The molecule has 0 bridgehead atoms. The molecule has 3 heteroatoms. The highest BCUT2D eigenvalue weighted by atomic mass is 79.9. The van der Waals surface area contributed by atoms with Crippen molar-refractivity contribution in [3.8, 4) is 11.4 Å². The van der Waals surface area contributed by atoms with Gasteiger partial charge in [-0.05, 0) is 36.2 Å². The summed E-state index contributed by atoms with van der Waals surface area (Å²) in [5.41, 5.74) is 4.99. The molecule has 0 saturated carbocycles. The molecule has 0 unspecified atom stereocenters. The van der Waals surface area contributed by atoms with E-state index in [1.807, 2.05) is 6.08 Å². The van der Waals surface area contributed by atoms with Crippen molar-refractivity contribution in [2.75, 3.05) is 0 Å². The third-order valence-electron chi connectivity index (χ3n) is 4.25. The van der Waals surface area contributed by atoms with Gasteiger partial charge < -0.3 is 17.0 Å². The smallest absolute Gasteiger partial charge is 0.289 e. The van der Waals surface area contributed by atoms with Crippen LogP contribution in [0.25, 0.3) is 28.5 Å². The number of nitrogens with zero attached hydrogens (tertiary/aromatic N) is 2. The van der Waals surface area contributed by atoms with Gasteiger partial charge in [0.25, 0.3) is 5.82 Å².